The molecule has 0 aromatic heterocycles. The number of amides is 2. The van der Waals surface area contributed by atoms with Gasteiger partial charge in [0.1, 0.15) is 11.6 Å². The summed E-state index contributed by atoms with van der Waals surface area (Å²) in [6, 6.07) is -1.05. The van der Waals surface area contributed by atoms with E-state index in [1.54, 1.807) is 20.8 Å². The van der Waals surface area contributed by atoms with Gasteiger partial charge in [0.15, 0.2) is 0 Å². The fourth-order valence-corrected chi connectivity index (χ4v) is 2.16. The number of fused-ring (bicyclic) bond motifs is 1. The highest BCUT2D eigenvalue weighted by molar-refractivity contribution is 6.02. The van der Waals surface area contributed by atoms with E-state index in [1.807, 2.05) is 0 Å². The second-order valence-electron chi connectivity index (χ2n) is 5.48. The van der Waals surface area contributed by atoms with Crippen LogP contribution < -0.4 is 0 Å². The van der Waals surface area contributed by atoms with Crippen LogP contribution in [0.3, 0.4) is 0 Å². The first-order chi connectivity index (χ1) is 7.72. The predicted molar refractivity (Wildman–Crippen MR) is 56.1 cm³/mol. The Morgan fingerprint density at radius 3 is 2.47 bits per heavy atom. The van der Waals surface area contributed by atoms with Gasteiger partial charge in [-0.25, -0.2) is 14.5 Å². The fourth-order valence-electron chi connectivity index (χ4n) is 2.16. The molecule has 0 radical (unpaired) electrons. The number of carbonyl (C=O) groups excluding carboxylic acids is 2. The zero-order valence-corrected chi connectivity index (χ0v) is 9.97. The maximum Gasteiger partial charge on any atom is 0.417 e. The van der Waals surface area contributed by atoms with Gasteiger partial charge in [0.25, 0.3) is 0 Å². The number of carboxylic acids is 1. The molecule has 0 aromatic carbocycles. The number of carboxylic acid groups (broad SMARTS) is 1. The maximum atomic E-state index is 11.8. The lowest BCUT2D eigenvalue weighted by atomic mass is 10.2. The Labute approximate surface area is 98.5 Å². The molecular formula is C11H15NO5. The van der Waals surface area contributed by atoms with Crippen molar-refractivity contribution in [3.8, 4) is 0 Å². The van der Waals surface area contributed by atoms with Gasteiger partial charge >= 0.3 is 12.1 Å². The SMILES string of the molecule is CC(C)(C)OC(=O)N1C(=O)[C@H]2C[C@H]2[C@@H]1C(=O)O. The first kappa shape index (κ1) is 11.9. The van der Waals surface area contributed by atoms with E-state index in [0.29, 0.717) is 6.42 Å². The fraction of sp³-hybridized carbons (Fsp3) is 0.727. The molecular weight excluding hydrogens is 226 g/mol. The summed E-state index contributed by atoms with van der Waals surface area (Å²) in [5.74, 6) is -2.10. The summed E-state index contributed by atoms with van der Waals surface area (Å²) in [6.45, 7) is 5.01. The number of hydrogen-bond donors (Lipinski definition) is 1. The first-order valence-electron chi connectivity index (χ1n) is 5.51. The van der Waals surface area contributed by atoms with Crippen molar-refractivity contribution in [1.82, 2.24) is 4.90 Å². The van der Waals surface area contributed by atoms with Crippen molar-refractivity contribution >= 4 is 18.0 Å². The van der Waals surface area contributed by atoms with Gasteiger partial charge in [0.05, 0.1) is 0 Å². The molecule has 1 N–H and O–H groups in total. The topological polar surface area (TPSA) is 83.9 Å². The number of aliphatic carboxylic acids is 1. The van der Waals surface area contributed by atoms with Gasteiger partial charge in [0, 0.05) is 11.8 Å². The molecule has 2 rings (SSSR count). The minimum atomic E-state index is -1.14. The van der Waals surface area contributed by atoms with Crippen LogP contribution in [0.25, 0.3) is 0 Å². The van der Waals surface area contributed by atoms with Gasteiger partial charge < -0.3 is 9.84 Å². The van der Waals surface area contributed by atoms with Gasteiger partial charge in [-0.05, 0) is 27.2 Å². The molecule has 1 saturated heterocycles. The Bertz CT molecular complexity index is 397. The van der Waals surface area contributed by atoms with E-state index in [0.717, 1.165) is 4.90 Å². The predicted octanol–water partition coefficient (Wildman–Crippen LogP) is 0.853. The summed E-state index contributed by atoms with van der Waals surface area (Å²) in [6.07, 6.45) is -0.295. The van der Waals surface area contributed by atoms with Crippen LogP contribution in [0.15, 0.2) is 0 Å². The Hall–Kier alpha value is -1.59. The van der Waals surface area contributed by atoms with Gasteiger partial charge in [-0.15, -0.1) is 0 Å². The molecule has 0 spiro atoms. The molecule has 0 aromatic rings. The summed E-state index contributed by atoms with van der Waals surface area (Å²) >= 11 is 0. The van der Waals surface area contributed by atoms with E-state index in [4.69, 9.17) is 9.84 Å². The Kier molecular flexibility index (Phi) is 2.41. The van der Waals surface area contributed by atoms with Crippen molar-refractivity contribution in [3.63, 3.8) is 0 Å². The first-order valence-corrected chi connectivity index (χ1v) is 5.51. The molecule has 17 heavy (non-hydrogen) atoms. The summed E-state index contributed by atoms with van der Waals surface area (Å²) in [4.78, 5) is 35.3. The van der Waals surface area contributed by atoms with Gasteiger partial charge in [-0.3, -0.25) is 4.79 Å². The van der Waals surface area contributed by atoms with Crippen molar-refractivity contribution in [2.75, 3.05) is 0 Å². The van der Waals surface area contributed by atoms with E-state index < -0.39 is 29.6 Å². The number of rotatable bonds is 1. The minimum Gasteiger partial charge on any atom is -0.480 e. The molecule has 2 fully saturated rings. The second-order valence-corrected chi connectivity index (χ2v) is 5.48. The van der Waals surface area contributed by atoms with Crippen molar-refractivity contribution in [2.45, 2.75) is 38.8 Å². The molecule has 1 saturated carbocycles. The molecule has 1 heterocycles. The maximum absolute atomic E-state index is 11.8. The molecule has 1 aliphatic carbocycles. The Balaban J connectivity index is 2.16. The van der Waals surface area contributed by atoms with Crippen LogP contribution in [-0.2, 0) is 14.3 Å². The molecule has 6 heteroatoms. The minimum absolute atomic E-state index is 0.229. The summed E-state index contributed by atoms with van der Waals surface area (Å²) < 4.78 is 5.04. The molecule has 94 valence electrons. The molecule has 3 atom stereocenters. The van der Waals surface area contributed by atoms with E-state index in [2.05, 4.69) is 0 Å². The van der Waals surface area contributed by atoms with E-state index in [1.165, 1.54) is 0 Å². The summed E-state index contributed by atoms with van der Waals surface area (Å²) in [7, 11) is 0. The van der Waals surface area contributed by atoms with Crippen LogP contribution in [-0.4, -0.2) is 39.6 Å². The molecule has 0 unspecified atom stereocenters. The number of likely N-dealkylation sites (tertiary alicyclic amines) is 1. The third-order valence-corrected chi connectivity index (χ3v) is 2.92. The van der Waals surface area contributed by atoms with Crippen LogP contribution in [0.1, 0.15) is 27.2 Å². The number of nitrogens with zero attached hydrogens (tertiary/aromatic N) is 1. The number of piperidine rings is 1. The number of imide groups is 1. The zero-order valence-electron chi connectivity index (χ0n) is 9.97. The van der Waals surface area contributed by atoms with E-state index in [9.17, 15) is 14.4 Å². The number of ether oxygens (including phenoxy) is 1. The molecule has 1 aliphatic heterocycles. The van der Waals surface area contributed by atoms with Crippen LogP contribution in [0.4, 0.5) is 4.79 Å². The highest BCUT2D eigenvalue weighted by atomic mass is 16.6. The van der Waals surface area contributed by atoms with Crippen molar-refractivity contribution in [1.29, 1.82) is 0 Å². The lowest BCUT2D eigenvalue weighted by Gasteiger charge is -2.27. The third kappa shape index (κ3) is 1.99. The Morgan fingerprint density at radius 2 is 2.00 bits per heavy atom. The number of carbonyl (C=O) groups is 3. The Morgan fingerprint density at radius 1 is 1.41 bits per heavy atom. The van der Waals surface area contributed by atoms with Crippen molar-refractivity contribution in [3.05, 3.63) is 0 Å². The standard InChI is InChI=1S/C11H15NO5/c1-11(2,3)17-10(16)12-7(9(14)15)5-4-6(5)8(12)13/h5-7H,4H2,1-3H3,(H,14,15)/t5-,6+,7-/m1/s1. The van der Waals surface area contributed by atoms with Gasteiger partial charge in [-0.2, -0.15) is 0 Å². The smallest absolute Gasteiger partial charge is 0.417 e. The average molecular weight is 241 g/mol. The van der Waals surface area contributed by atoms with Gasteiger partial charge in [-0.1, -0.05) is 0 Å². The lowest BCUT2D eigenvalue weighted by molar-refractivity contribution is -0.147. The summed E-state index contributed by atoms with van der Waals surface area (Å²) in [5, 5.41) is 9.04. The number of hydrogen-bond acceptors (Lipinski definition) is 4. The van der Waals surface area contributed by atoms with E-state index >= 15 is 0 Å². The molecule has 2 amide bonds. The van der Waals surface area contributed by atoms with Gasteiger partial charge in [0.2, 0.25) is 5.91 Å². The third-order valence-electron chi connectivity index (χ3n) is 2.92. The van der Waals surface area contributed by atoms with Crippen LogP contribution in [0, 0.1) is 11.8 Å². The zero-order chi connectivity index (χ0) is 13.0. The normalized spacial score (nSPS) is 31.1. The lowest BCUT2D eigenvalue weighted by Crippen LogP contribution is -2.47. The average Bonchev–Trinajstić information content (AvgIpc) is 2.83. The quantitative estimate of drug-likeness (QED) is 0.735. The second kappa shape index (κ2) is 3.45. The van der Waals surface area contributed by atoms with Crippen molar-refractivity contribution in [2.24, 2.45) is 11.8 Å². The van der Waals surface area contributed by atoms with Crippen LogP contribution >= 0.6 is 0 Å². The highest BCUT2D eigenvalue weighted by Crippen LogP contribution is 2.50. The highest BCUT2D eigenvalue weighted by Gasteiger charge is 2.63. The molecule has 0 bridgehead atoms. The summed E-state index contributed by atoms with van der Waals surface area (Å²) in [5.41, 5.74) is -0.743. The van der Waals surface area contributed by atoms with Crippen molar-refractivity contribution < 1.29 is 24.2 Å². The monoisotopic (exact) mass is 241 g/mol. The molecule has 2 aliphatic rings. The largest absolute Gasteiger partial charge is 0.480 e. The van der Waals surface area contributed by atoms with Crippen LogP contribution in [0.2, 0.25) is 0 Å². The van der Waals surface area contributed by atoms with Crippen LogP contribution in [0.5, 0.6) is 0 Å². The van der Waals surface area contributed by atoms with E-state index in [-0.39, 0.29) is 11.8 Å². The molecule has 6 nitrogen and oxygen atoms in total.